The maximum Gasteiger partial charge on any atom is 0.319 e. The molecule has 1 saturated heterocycles. The number of methoxy groups -OCH3 is 2. The SMILES string of the molecule is COCC[C@@H]1C[C@H]2CN3CCc4c([nH]c5ccccc45)C2(C(=O)OC)C13. The number of nitrogens with zero attached hydrogens (tertiary/aromatic N) is 1. The summed E-state index contributed by atoms with van der Waals surface area (Å²) in [7, 11) is 3.29. The van der Waals surface area contributed by atoms with Crippen LogP contribution in [0.25, 0.3) is 10.9 Å². The first-order valence-electron chi connectivity index (χ1n) is 9.63. The van der Waals surface area contributed by atoms with E-state index < -0.39 is 5.41 Å². The standard InChI is InChI=1S/C21H26N2O3/c1-25-10-8-13-11-14-12-23-9-7-16-15-5-3-4-6-17(15)22-18(16)21(14,19(13)23)20(24)26-2/h3-6,13-14,19,22H,7-12H2,1-2H3/t13-,14+,19?,21?/m1/s1. The van der Waals surface area contributed by atoms with E-state index in [1.54, 1.807) is 7.11 Å². The van der Waals surface area contributed by atoms with Crippen molar-refractivity contribution in [3.8, 4) is 0 Å². The summed E-state index contributed by atoms with van der Waals surface area (Å²) in [6, 6.07) is 8.64. The minimum atomic E-state index is -0.558. The van der Waals surface area contributed by atoms with Gasteiger partial charge in [0.1, 0.15) is 5.41 Å². The molecule has 2 aromatic rings. The minimum Gasteiger partial charge on any atom is -0.468 e. The fourth-order valence-corrected chi connectivity index (χ4v) is 6.25. The van der Waals surface area contributed by atoms with E-state index >= 15 is 0 Å². The van der Waals surface area contributed by atoms with E-state index in [0.29, 0.717) is 11.8 Å². The Kier molecular flexibility index (Phi) is 3.66. The van der Waals surface area contributed by atoms with E-state index in [2.05, 4.69) is 34.1 Å². The van der Waals surface area contributed by atoms with Crippen LogP contribution in [0.4, 0.5) is 0 Å². The van der Waals surface area contributed by atoms with Gasteiger partial charge in [0.25, 0.3) is 0 Å². The second-order valence-corrected chi connectivity index (χ2v) is 8.05. The van der Waals surface area contributed by atoms with Gasteiger partial charge in [0.05, 0.1) is 7.11 Å². The van der Waals surface area contributed by atoms with Crippen LogP contribution in [0.5, 0.6) is 0 Å². The molecular formula is C21H26N2O3. The fraction of sp³-hybridized carbons (Fsp3) is 0.571. The molecule has 2 aliphatic heterocycles. The molecule has 1 aliphatic carbocycles. The molecule has 4 bridgehead atoms. The molecule has 1 aromatic heterocycles. The largest absolute Gasteiger partial charge is 0.468 e. The molecule has 5 atom stereocenters. The van der Waals surface area contributed by atoms with E-state index in [0.717, 1.165) is 50.2 Å². The molecule has 3 aliphatic rings. The molecule has 138 valence electrons. The predicted octanol–water partition coefficient (Wildman–Crippen LogP) is 2.49. The molecule has 1 aromatic carbocycles. The van der Waals surface area contributed by atoms with Crippen molar-refractivity contribution < 1.29 is 14.3 Å². The van der Waals surface area contributed by atoms with E-state index in [9.17, 15) is 4.79 Å². The molecule has 3 unspecified atom stereocenters. The number of rotatable bonds is 4. The van der Waals surface area contributed by atoms with E-state index in [1.807, 2.05) is 0 Å². The van der Waals surface area contributed by atoms with Gasteiger partial charge in [-0.25, -0.2) is 0 Å². The van der Waals surface area contributed by atoms with Crippen LogP contribution in [-0.2, 0) is 26.1 Å². The number of para-hydroxylation sites is 1. The predicted molar refractivity (Wildman–Crippen MR) is 99.1 cm³/mol. The lowest BCUT2D eigenvalue weighted by Crippen LogP contribution is -2.49. The van der Waals surface area contributed by atoms with Crippen molar-refractivity contribution in [2.45, 2.75) is 30.7 Å². The summed E-state index contributed by atoms with van der Waals surface area (Å²) in [5.41, 5.74) is 3.02. The van der Waals surface area contributed by atoms with Crippen molar-refractivity contribution in [3.05, 3.63) is 35.5 Å². The average Bonchev–Trinajstić information content (AvgIpc) is 3.25. The summed E-state index contributed by atoms with van der Waals surface area (Å²) in [6.07, 6.45) is 3.06. The van der Waals surface area contributed by atoms with Gasteiger partial charge in [0, 0.05) is 49.4 Å². The molecule has 0 amide bonds. The monoisotopic (exact) mass is 354 g/mol. The summed E-state index contributed by atoms with van der Waals surface area (Å²) in [6.45, 7) is 2.76. The van der Waals surface area contributed by atoms with Gasteiger partial charge in [-0.1, -0.05) is 18.2 Å². The molecule has 0 radical (unpaired) electrons. The number of esters is 1. The molecule has 1 N–H and O–H groups in total. The molecule has 2 fully saturated rings. The van der Waals surface area contributed by atoms with Crippen LogP contribution in [0.15, 0.2) is 24.3 Å². The van der Waals surface area contributed by atoms with Gasteiger partial charge in [0.2, 0.25) is 0 Å². The molecular weight excluding hydrogens is 328 g/mol. The number of hydrogen-bond donors (Lipinski definition) is 1. The third-order valence-electron chi connectivity index (χ3n) is 7.08. The van der Waals surface area contributed by atoms with E-state index in [1.165, 1.54) is 18.1 Å². The van der Waals surface area contributed by atoms with Gasteiger partial charge in [-0.15, -0.1) is 0 Å². The van der Waals surface area contributed by atoms with Crippen molar-refractivity contribution in [1.82, 2.24) is 9.88 Å². The Balaban J connectivity index is 1.73. The highest BCUT2D eigenvalue weighted by Gasteiger charge is 2.69. The van der Waals surface area contributed by atoms with Crippen LogP contribution in [0.1, 0.15) is 24.1 Å². The lowest BCUT2D eigenvalue weighted by Gasteiger charge is -2.35. The number of carbonyl (C=O) groups excluding carboxylic acids is 1. The molecule has 5 heteroatoms. The van der Waals surface area contributed by atoms with Crippen LogP contribution in [0.3, 0.4) is 0 Å². The number of ether oxygens (including phenoxy) is 2. The van der Waals surface area contributed by atoms with Gasteiger partial charge in [0.15, 0.2) is 0 Å². The Morgan fingerprint density at radius 1 is 1.35 bits per heavy atom. The van der Waals surface area contributed by atoms with E-state index in [4.69, 9.17) is 9.47 Å². The summed E-state index contributed by atoms with van der Waals surface area (Å²) in [5, 5.41) is 1.26. The zero-order valence-electron chi connectivity index (χ0n) is 15.5. The topological polar surface area (TPSA) is 54.6 Å². The van der Waals surface area contributed by atoms with Crippen LogP contribution in [0, 0.1) is 11.8 Å². The maximum atomic E-state index is 13.3. The van der Waals surface area contributed by atoms with Crippen molar-refractivity contribution >= 4 is 16.9 Å². The molecule has 5 rings (SSSR count). The number of benzene rings is 1. The third kappa shape index (κ3) is 1.90. The molecule has 0 spiro atoms. The Morgan fingerprint density at radius 3 is 3.00 bits per heavy atom. The van der Waals surface area contributed by atoms with Gasteiger partial charge in [-0.3, -0.25) is 9.69 Å². The first-order valence-corrected chi connectivity index (χ1v) is 9.63. The Bertz CT molecular complexity index is 860. The van der Waals surface area contributed by atoms with Crippen molar-refractivity contribution in [2.24, 2.45) is 11.8 Å². The first kappa shape index (κ1) is 16.3. The number of fused-ring (bicyclic) bond motifs is 3. The normalized spacial score (nSPS) is 34.7. The Hall–Kier alpha value is -1.85. The van der Waals surface area contributed by atoms with Crippen molar-refractivity contribution in [1.29, 1.82) is 0 Å². The highest BCUT2D eigenvalue weighted by atomic mass is 16.5. The minimum absolute atomic E-state index is 0.0652. The summed E-state index contributed by atoms with van der Waals surface area (Å²) < 4.78 is 10.8. The van der Waals surface area contributed by atoms with Crippen LogP contribution in [0.2, 0.25) is 0 Å². The molecule has 26 heavy (non-hydrogen) atoms. The summed E-state index contributed by atoms with van der Waals surface area (Å²) >= 11 is 0. The second kappa shape index (κ2) is 5.83. The van der Waals surface area contributed by atoms with Gasteiger partial charge >= 0.3 is 5.97 Å². The number of aromatic amines is 1. The Labute approximate surface area is 153 Å². The van der Waals surface area contributed by atoms with Crippen molar-refractivity contribution in [2.75, 3.05) is 33.9 Å². The van der Waals surface area contributed by atoms with Crippen LogP contribution < -0.4 is 0 Å². The van der Waals surface area contributed by atoms with Gasteiger partial charge in [-0.2, -0.15) is 0 Å². The molecule has 1 saturated carbocycles. The van der Waals surface area contributed by atoms with Crippen LogP contribution in [-0.4, -0.2) is 55.8 Å². The highest BCUT2D eigenvalue weighted by molar-refractivity contribution is 5.92. The Morgan fingerprint density at radius 2 is 2.19 bits per heavy atom. The number of piperidine rings is 1. The zero-order chi connectivity index (χ0) is 17.9. The van der Waals surface area contributed by atoms with Crippen LogP contribution >= 0.6 is 0 Å². The molecule has 3 heterocycles. The number of nitrogens with one attached hydrogen (secondary N) is 1. The molecule has 5 nitrogen and oxygen atoms in total. The number of carbonyl (C=O) groups is 1. The third-order valence-corrected chi connectivity index (χ3v) is 7.08. The fourth-order valence-electron chi connectivity index (χ4n) is 6.25. The van der Waals surface area contributed by atoms with Gasteiger partial charge < -0.3 is 14.5 Å². The number of hydrogen-bond acceptors (Lipinski definition) is 4. The smallest absolute Gasteiger partial charge is 0.319 e. The number of H-pyrrole nitrogens is 1. The first-order chi connectivity index (χ1) is 12.7. The maximum absolute atomic E-state index is 13.3. The average molecular weight is 354 g/mol. The number of aromatic nitrogens is 1. The highest BCUT2D eigenvalue weighted by Crippen LogP contribution is 2.59. The summed E-state index contributed by atoms with van der Waals surface area (Å²) in [4.78, 5) is 19.5. The zero-order valence-corrected chi connectivity index (χ0v) is 15.5. The summed E-state index contributed by atoms with van der Waals surface area (Å²) in [5.74, 6) is 0.726. The van der Waals surface area contributed by atoms with Crippen molar-refractivity contribution in [3.63, 3.8) is 0 Å². The quantitative estimate of drug-likeness (QED) is 0.857. The lowest BCUT2D eigenvalue weighted by atomic mass is 9.73. The second-order valence-electron chi connectivity index (χ2n) is 8.05. The van der Waals surface area contributed by atoms with E-state index in [-0.39, 0.29) is 12.0 Å². The van der Waals surface area contributed by atoms with Gasteiger partial charge in [-0.05, 0) is 42.7 Å². The lowest BCUT2D eigenvalue weighted by molar-refractivity contribution is -0.149.